The lowest BCUT2D eigenvalue weighted by atomic mass is 10.0. The van der Waals surface area contributed by atoms with Gasteiger partial charge >= 0.3 is 0 Å². The van der Waals surface area contributed by atoms with Crippen LogP contribution in [0.1, 0.15) is 46.0 Å². The molecule has 1 amide bonds. The van der Waals surface area contributed by atoms with Crippen LogP contribution < -0.4 is 11.1 Å². The Kier molecular flexibility index (Phi) is 9.24. The Morgan fingerprint density at radius 2 is 2.00 bits per heavy atom. The number of rotatable bonds is 9. The third-order valence-corrected chi connectivity index (χ3v) is 2.68. The maximum Gasteiger partial charge on any atom is 0.250 e. The molecule has 0 aromatic heterocycles. The zero-order valence-electron chi connectivity index (χ0n) is 10.8. The summed E-state index contributed by atoms with van der Waals surface area (Å²) in [4.78, 5) is 11.7. The molecule has 4 heteroatoms. The molecule has 0 aliphatic heterocycles. The van der Waals surface area contributed by atoms with Crippen molar-refractivity contribution in [3.05, 3.63) is 0 Å². The molecule has 0 aromatic carbocycles. The lowest BCUT2D eigenvalue weighted by molar-refractivity contribution is -0.131. The van der Waals surface area contributed by atoms with Gasteiger partial charge < -0.3 is 15.8 Å². The average Bonchev–Trinajstić information content (AvgIpc) is 2.28. The summed E-state index contributed by atoms with van der Waals surface area (Å²) in [7, 11) is 1.51. The molecule has 2 unspecified atom stereocenters. The first-order valence-corrected chi connectivity index (χ1v) is 6.22. The van der Waals surface area contributed by atoms with Crippen molar-refractivity contribution in [1.82, 2.24) is 5.32 Å². The molecule has 0 saturated carbocycles. The Morgan fingerprint density at radius 3 is 2.44 bits per heavy atom. The highest BCUT2D eigenvalue weighted by Gasteiger charge is 2.18. The van der Waals surface area contributed by atoms with E-state index in [2.05, 4.69) is 19.2 Å². The second-order valence-electron chi connectivity index (χ2n) is 4.10. The molecule has 0 spiro atoms. The predicted molar refractivity (Wildman–Crippen MR) is 66.2 cm³/mol. The molecule has 0 radical (unpaired) electrons. The van der Waals surface area contributed by atoms with Crippen LogP contribution in [-0.2, 0) is 9.53 Å². The van der Waals surface area contributed by atoms with Gasteiger partial charge in [-0.2, -0.15) is 0 Å². The van der Waals surface area contributed by atoms with Crippen molar-refractivity contribution in [2.24, 2.45) is 5.73 Å². The fourth-order valence-electron chi connectivity index (χ4n) is 1.69. The second kappa shape index (κ2) is 9.60. The molecule has 0 rings (SSSR count). The van der Waals surface area contributed by atoms with E-state index in [1.54, 1.807) is 0 Å². The summed E-state index contributed by atoms with van der Waals surface area (Å²) in [6, 6.07) is 0.265. The topological polar surface area (TPSA) is 64.4 Å². The van der Waals surface area contributed by atoms with Crippen molar-refractivity contribution in [1.29, 1.82) is 0 Å². The Balaban J connectivity index is 4.09. The molecule has 0 aliphatic rings. The number of nitrogens with two attached hydrogens (primary N) is 1. The van der Waals surface area contributed by atoms with Crippen LogP contribution in [0, 0.1) is 0 Å². The van der Waals surface area contributed by atoms with Crippen molar-refractivity contribution in [2.75, 3.05) is 13.7 Å². The van der Waals surface area contributed by atoms with Crippen LogP contribution in [0.3, 0.4) is 0 Å². The highest BCUT2D eigenvalue weighted by molar-refractivity contribution is 5.81. The zero-order valence-corrected chi connectivity index (χ0v) is 10.8. The van der Waals surface area contributed by atoms with Crippen LogP contribution >= 0.6 is 0 Å². The van der Waals surface area contributed by atoms with Gasteiger partial charge in [0.05, 0.1) is 0 Å². The van der Waals surface area contributed by atoms with Gasteiger partial charge in [-0.3, -0.25) is 4.79 Å². The molecule has 0 fully saturated rings. The molecular formula is C12H26N2O2. The van der Waals surface area contributed by atoms with E-state index >= 15 is 0 Å². The molecule has 0 aliphatic carbocycles. The average molecular weight is 230 g/mol. The van der Waals surface area contributed by atoms with Gasteiger partial charge in [0, 0.05) is 19.7 Å². The number of hydrogen-bond acceptors (Lipinski definition) is 3. The number of nitrogens with one attached hydrogen (secondary N) is 1. The van der Waals surface area contributed by atoms with Crippen molar-refractivity contribution in [3.8, 4) is 0 Å². The molecular weight excluding hydrogens is 204 g/mol. The molecule has 0 saturated heterocycles. The van der Waals surface area contributed by atoms with Crippen LogP contribution in [0.5, 0.6) is 0 Å². The lowest BCUT2D eigenvalue weighted by Crippen LogP contribution is -2.45. The largest absolute Gasteiger partial charge is 0.370 e. The minimum absolute atomic E-state index is 0.0837. The van der Waals surface area contributed by atoms with E-state index in [1.807, 2.05) is 0 Å². The number of ether oxygens (including phenoxy) is 1. The molecule has 2 atom stereocenters. The maximum absolute atomic E-state index is 11.7. The van der Waals surface area contributed by atoms with Crippen molar-refractivity contribution < 1.29 is 9.53 Å². The molecule has 0 bridgehead atoms. The first kappa shape index (κ1) is 15.4. The highest BCUT2D eigenvalue weighted by atomic mass is 16.5. The van der Waals surface area contributed by atoms with E-state index in [0.717, 1.165) is 32.1 Å². The number of unbranched alkanes of at least 4 members (excludes halogenated alkanes) is 1. The van der Waals surface area contributed by atoms with E-state index < -0.39 is 6.10 Å². The molecule has 3 N–H and O–H groups in total. The highest BCUT2D eigenvalue weighted by Crippen LogP contribution is 2.07. The standard InChI is InChI=1S/C12H26N2O2/c1-4-6-8-10(7-5-2)14-12(15)11(9-13)16-3/h10-11H,4-9,13H2,1-3H3,(H,14,15). The summed E-state index contributed by atoms with van der Waals surface area (Å²) < 4.78 is 5.01. The summed E-state index contributed by atoms with van der Waals surface area (Å²) in [6.07, 6.45) is 4.92. The van der Waals surface area contributed by atoms with Crippen molar-refractivity contribution in [2.45, 2.75) is 58.1 Å². The van der Waals surface area contributed by atoms with Gasteiger partial charge in [0.25, 0.3) is 5.91 Å². The third-order valence-electron chi connectivity index (χ3n) is 2.68. The van der Waals surface area contributed by atoms with Crippen LogP contribution in [0.4, 0.5) is 0 Å². The van der Waals surface area contributed by atoms with Crippen molar-refractivity contribution in [3.63, 3.8) is 0 Å². The number of hydrogen-bond donors (Lipinski definition) is 2. The van der Waals surface area contributed by atoms with E-state index in [9.17, 15) is 4.79 Å². The predicted octanol–water partition coefficient (Wildman–Crippen LogP) is 1.44. The number of carbonyl (C=O) groups is 1. The summed E-state index contributed by atoms with van der Waals surface area (Å²) in [5, 5.41) is 3.01. The van der Waals surface area contributed by atoms with E-state index in [-0.39, 0.29) is 18.5 Å². The molecule has 96 valence electrons. The molecule has 0 heterocycles. The fraction of sp³-hybridized carbons (Fsp3) is 0.917. The van der Waals surface area contributed by atoms with Gasteiger partial charge in [0.2, 0.25) is 0 Å². The van der Waals surface area contributed by atoms with Gasteiger partial charge in [-0.1, -0.05) is 33.1 Å². The minimum Gasteiger partial charge on any atom is -0.370 e. The summed E-state index contributed by atoms with van der Waals surface area (Å²) in [6.45, 7) is 4.51. The van der Waals surface area contributed by atoms with Gasteiger partial charge in [-0.15, -0.1) is 0 Å². The normalized spacial score (nSPS) is 14.5. The summed E-state index contributed by atoms with van der Waals surface area (Å²) >= 11 is 0. The van der Waals surface area contributed by atoms with E-state index in [1.165, 1.54) is 7.11 Å². The quantitative estimate of drug-likeness (QED) is 0.630. The Morgan fingerprint density at radius 1 is 1.31 bits per heavy atom. The van der Waals surface area contributed by atoms with E-state index in [4.69, 9.17) is 10.5 Å². The summed E-state index contributed by atoms with van der Waals surface area (Å²) in [5.74, 6) is -0.0837. The van der Waals surface area contributed by atoms with Crippen LogP contribution in [0.15, 0.2) is 0 Å². The van der Waals surface area contributed by atoms with Gasteiger partial charge in [-0.05, 0) is 12.8 Å². The zero-order chi connectivity index (χ0) is 12.4. The fourth-order valence-corrected chi connectivity index (χ4v) is 1.69. The smallest absolute Gasteiger partial charge is 0.250 e. The first-order chi connectivity index (χ1) is 7.69. The monoisotopic (exact) mass is 230 g/mol. The second-order valence-corrected chi connectivity index (χ2v) is 4.10. The number of amides is 1. The van der Waals surface area contributed by atoms with Gasteiger partial charge in [0.1, 0.15) is 6.10 Å². The Bertz CT molecular complexity index is 182. The SMILES string of the molecule is CCCCC(CCC)NC(=O)C(CN)OC. The maximum atomic E-state index is 11.7. The molecule has 0 aromatic rings. The number of methoxy groups -OCH3 is 1. The van der Waals surface area contributed by atoms with Crippen LogP contribution in [0.25, 0.3) is 0 Å². The lowest BCUT2D eigenvalue weighted by Gasteiger charge is -2.21. The Hall–Kier alpha value is -0.610. The molecule has 4 nitrogen and oxygen atoms in total. The van der Waals surface area contributed by atoms with E-state index in [0.29, 0.717) is 0 Å². The van der Waals surface area contributed by atoms with Crippen LogP contribution in [0.2, 0.25) is 0 Å². The first-order valence-electron chi connectivity index (χ1n) is 6.22. The third kappa shape index (κ3) is 6.08. The van der Waals surface area contributed by atoms with Gasteiger partial charge in [0.15, 0.2) is 0 Å². The summed E-state index contributed by atoms with van der Waals surface area (Å²) in [5.41, 5.74) is 5.45. The van der Waals surface area contributed by atoms with Crippen molar-refractivity contribution >= 4 is 5.91 Å². The number of carbonyl (C=O) groups excluding carboxylic acids is 1. The van der Waals surface area contributed by atoms with Crippen LogP contribution in [-0.4, -0.2) is 31.7 Å². The van der Waals surface area contributed by atoms with Gasteiger partial charge in [-0.25, -0.2) is 0 Å². The minimum atomic E-state index is -0.513. The molecule has 16 heavy (non-hydrogen) atoms. The Labute approximate surface area is 98.9 Å².